The molecule has 4 nitrogen and oxygen atoms in total. The van der Waals surface area contributed by atoms with Crippen LogP contribution in [-0.2, 0) is 10.0 Å². The van der Waals surface area contributed by atoms with Crippen molar-refractivity contribution in [2.75, 3.05) is 13.1 Å². The maximum Gasteiger partial charge on any atom is 0.350 e. The number of nitrogens with one attached hydrogen (secondary N) is 1. The molecule has 0 spiro atoms. The van der Waals surface area contributed by atoms with Gasteiger partial charge in [-0.3, -0.25) is 0 Å². The lowest BCUT2D eigenvalue weighted by Crippen LogP contribution is -2.43. The Hall–Kier alpha value is -0.410. The lowest BCUT2D eigenvalue weighted by atomic mass is 10.3. The summed E-state index contributed by atoms with van der Waals surface area (Å²) in [5.74, 6) is -7.23. The van der Waals surface area contributed by atoms with Crippen LogP contribution in [0.1, 0.15) is 0 Å². The zero-order valence-corrected chi connectivity index (χ0v) is 7.12. The average molecular weight is 224 g/mol. The molecule has 0 radical (unpaired) electrons. The molecule has 3 N–H and O–H groups in total. The predicted molar refractivity (Wildman–Crippen MR) is 36.9 cm³/mol. The van der Waals surface area contributed by atoms with Gasteiger partial charge in [0.05, 0.1) is 13.1 Å². The Kier molecular flexibility index (Phi) is 4.07. The zero-order valence-electron chi connectivity index (χ0n) is 6.31. The number of hydrogen-bond donors (Lipinski definition) is 2. The van der Waals surface area contributed by atoms with Crippen LogP contribution in [-0.4, -0.2) is 33.2 Å². The molecule has 80 valence electrons. The minimum atomic E-state index is -4.96. The van der Waals surface area contributed by atoms with Crippen LogP contribution in [0.3, 0.4) is 0 Å². The van der Waals surface area contributed by atoms with Crippen molar-refractivity contribution in [1.82, 2.24) is 4.72 Å². The summed E-state index contributed by atoms with van der Waals surface area (Å²) in [5, 5.41) is 0. The van der Waals surface area contributed by atoms with E-state index in [1.54, 1.807) is 0 Å². The van der Waals surface area contributed by atoms with Gasteiger partial charge < -0.3 is 5.73 Å². The lowest BCUT2D eigenvalue weighted by molar-refractivity contribution is 0.0167. The Labute approximate surface area is 72.1 Å². The first-order valence-electron chi connectivity index (χ1n) is 3.06. The van der Waals surface area contributed by atoms with Crippen molar-refractivity contribution in [2.45, 2.75) is 11.7 Å². The molecule has 0 aromatic carbocycles. The first-order chi connectivity index (χ1) is 5.71. The number of alkyl halides is 4. The molecule has 0 aliphatic carbocycles. The van der Waals surface area contributed by atoms with Gasteiger partial charge in [0.25, 0.3) is 15.9 Å². The Balaban J connectivity index is 4.19. The second-order valence-corrected chi connectivity index (χ2v) is 3.92. The second kappa shape index (κ2) is 4.20. The van der Waals surface area contributed by atoms with Crippen molar-refractivity contribution in [3.05, 3.63) is 0 Å². The first kappa shape index (κ1) is 12.6. The molecule has 0 unspecified atom stereocenters. The van der Waals surface area contributed by atoms with E-state index in [1.807, 2.05) is 0 Å². The maximum absolute atomic E-state index is 12.2. The fourth-order valence-electron chi connectivity index (χ4n) is 0.341. The van der Waals surface area contributed by atoms with E-state index in [1.165, 1.54) is 0 Å². The minimum Gasteiger partial charge on any atom is -0.325 e. The summed E-state index contributed by atoms with van der Waals surface area (Å²) in [7, 11) is -4.96. The van der Waals surface area contributed by atoms with Gasteiger partial charge in [-0.1, -0.05) is 0 Å². The Morgan fingerprint density at radius 2 is 1.85 bits per heavy atom. The van der Waals surface area contributed by atoms with Crippen molar-refractivity contribution in [1.29, 1.82) is 0 Å². The number of hydrogen-bond acceptors (Lipinski definition) is 3. The molecule has 0 aliphatic heterocycles. The molecule has 0 saturated carbocycles. The van der Waals surface area contributed by atoms with Crippen LogP contribution in [0.4, 0.5) is 17.6 Å². The number of rotatable bonds is 5. The van der Waals surface area contributed by atoms with Crippen LogP contribution in [0, 0.1) is 0 Å². The van der Waals surface area contributed by atoms with Crippen molar-refractivity contribution < 1.29 is 26.0 Å². The zero-order chi connectivity index (χ0) is 10.7. The Morgan fingerprint density at radius 1 is 1.38 bits per heavy atom. The number of sulfonamides is 1. The Morgan fingerprint density at radius 3 is 2.15 bits per heavy atom. The van der Waals surface area contributed by atoms with Crippen LogP contribution in [0.25, 0.3) is 0 Å². The molecule has 0 bridgehead atoms. The highest BCUT2D eigenvalue weighted by atomic mass is 32.2. The summed E-state index contributed by atoms with van der Waals surface area (Å²) in [4.78, 5) is 0. The minimum absolute atomic E-state index is 1.04. The standard InChI is InChI=1S/C4H8F4N2O2S/c5-3(6)13(11,12)10-2-4(7,8)1-9/h3,10H,1-2,9H2. The van der Waals surface area contributed by atoms with Gasteiger partial charge >= 0.3 is 5.76 Å². The molecule has 9 heteroatoms. The van der Waals surface area contributed by atoms with Gasteiger partial charge in [0.2, 0.25) is 0 Å². The Bertz CT molecular complexity index is 253. The van der Waals surface area contributed by atoms with E-state index in [0.717, 1.165) is 4.72 Å². The number of nitrogens with two attached hydrogens (primary N) is 1. The molecular formula is C4H8F4N2O2S. The van der Waals surface area contributed by atoms with Crippen LogP contribution >= 0.6 is 0 Å². The van der Waals surface area contributed by atoms with Gasteiger partial charge in [-0.05, 0) is 0 Å². The first-order valence-corrected chi connectivity index (χ1v) is 4.60. The predicted octanol–water partition coefficient (Wildman–Crippen LogP) is -0.278. The normalized spacial score (nSPS) is 13.7. The van der Waals surface area contributed by atoms with Crippen molar-refractivity contribution in [3.8, 4) is 0 Å². The fourth-order valence-corrected chi connectivity index (χ4v) is 0.880. The van der Waals surface area contributed by atoms with Gasteiger partial charge in [0, 0.05) is 0 Å². The highest BCUT2D eigenvalue weighted by Crippen LogP contribution is 2.10. The van der Waals surface area contributed by atoms with Crippen molar-refractivity contribution in [3.63, 3.8) is 0 Å². The molecule has 0 rings (SSSR count). The summed E-state index contributed by atoms with van der Waals surface area (Å²) in [6.07, 6.45) is 0. The van der Waals surface area contributed by atoms with E-state index in [-0.39, 0.29) is 0 Å². The van der Waals surface area contributed by atoms with Crippen LogP contribution < -0.4 is 10.5 Å². The lowest BCUT2D eigenvalue weighted by Gasteiger charge is -2.14. The third-order valence-corrected chi connectivity index (χ3v) is 2.08. The van der Waals surface area contributed by atoms with Crippen LogP contribution in [0.5, 0.6) is 0 Å². The monoisotopic (exact) mass is 224 g/mol. The van der Waals surface area contributed by atoms with E-state index in [0.29, 0.717) is 0 Å². The molecule has 0 aliphatic rings. The van der Waals surface area contributed by atoms with Gasteiger partial charge in [-0.25, -0.2) is 21.9 Å². The third kappa shape index (κ3) is 4.39. The van der Waals surface area contributed by atoms with E-state index in [9.17, 15) is 26.0 Å². The molecular weight excluding hydrogens is 216 g/mol. The SMILES string of the molecule is NCC(F)(F)CNS(=O)(=O)C(F)F. The summed E-state index contributed by atoms with van der Waals surface area (Å²) < 4.78 is 69.2. The smallest absolute Gasteiger partial charge is 0.325 e. The molecule has 13 heavy (non-hydrogen) atoms. The van der Waals surface area contributed by atoms with Crippen molar-refractivity contribution in [2.24, 2.45) is 5.73 Å². The number of halogens is 4. The van der Waals surface area contributed by atoms with Gasteiger partial charge in [-0.15, -0.1) is 0 Å². The van der Waals surface area contributed by atoms with Gasteiger partial charge in [-0.2, -0.15) is 8.78 Å². The molecule has 0 amide bonds. The van der Waals surface area contributed by atoms with E-state index < -0.39 is 34.8 Å². The second-order valence-electron chi connectivity index (χ2n) is 2.19. The van der Waals surface area contributed by atoms with Gasteiger partial charge in [0.15, 0.2) is 0 Å². The average Bonchev–Trinajstić information content (AvgIpc) is 2.01. The summed E-state index contributed by atoms with van der Waals surface area (Å²) in [5.41, 5.74) is 4.54. The quantitative estimate of drug-likeness (QED) is 0.631. The molecule has 0 aromatic heterocycles. The van der Waals surface area contributed by atoms with Gasteiger partial charge in [0.1, 0.15) is 0 Å². The molecule has 0 aromatic rings. The van der Waals surface area contributed by atoms with Crippen LogP contribution in [0.2, 0.25) is 0 Å². The largest absolute Gasteiger partial charge is 0.350 e. The molecule has 0 heterocycles. The fraction of sp³-hybridized carbons (Fsp3) is 1.00. The van der Waals surface area contributed by atoms with Crippen molar-refractivity contribution >= 4 is 10.0 Å². The highest BCUT2D eigenvalue weighted by molar-refractivity contribution is 7.89. The van der Waals surface area contributed by atoms with Crippen LogP contribution in [0.15, 0.2) is 0 Å². The maximum atomic E-state index is 12.2. The molecule has 0 saturated heterocycles. The van der Waals surface area contributed by atoms with E-state index in [2.05, 4.69) is 5.73 Å². The molecule has 0 atom stereocenters. The topological polar surface area (TPSA) is 72.2 Å². The summed E-state index contributed by atoms with van der Waals surface area (Å²) in [6, 6.07) is 0. The summed E-state index contributed by atoms with van der Waals surface area (Å²) >= 11 is 0. The molecule has 0 fully saturated rings. The highest BCUT2D eigenvalue weighted by Gasteiger charge is 2.32. The van der Waals surface area contributed by atoms with E-state index >= 15 is 0 Å². The third-order valence-electron chi connectivity index (χ3n) is 1.07. The summed E-state index contributed by atoms with van der Waals surface area (Å²) in [6.45, 7) is -2.53. The van der Waals surface area contributed by atoms with E-state index in [4.69, 9.17) is 0 Å².